The number of aliphatic imine (C=N–C) groups is 1. The summed E-state index contributed by atoms with van der Waals surface area (Å²) in [6, 6.07) is 0. The molecule has 1 aromatic heterocycles. The van der Waals surface area contributed by atoms with Gasteiger partial charge in [0.25, 0.3) is 0 Å². The first-order valence-corrected chi connectivity index (χ1v) is 8.65. The van der Waals surface area contributed by atoms with Crippen molar-refractivity contribution in [2.75, 3.05) is 26.7 Å². The minimum atomic E-state index is 0.0765. The van der Waals surface area contributed by atoms with E-state index >= 15 is 0 Å². The van der Waals surface area contributed by atoms with Crippen LogP contribution in [0.2, 0.25) is 0 Å². The summed E-state index contributed by atoms with van der Waals surface area (Å²) >= 11 is 0. The number of aromatic nitrogens is 2. The number of guanidine groups is 1. The van der Waals surface area contributed by atoms with Crippen LogP contribution in [0.5, 0.6) is 0 Å². The topological polar surface area (TPSA) is 74.6 Å². The van der Waals surface area contributed by atoms with Gasteiger partial charge in [0, 0.05) is 63.4 Å². The monoisotopic (exact) mass is 332 g/mol. The van der Waals surface area contributed by atoms with Crippen LogP contribution in [0.15, 0.2) is 4.99 Å². The summed E-state index contributed by atoms with van der Waals surface area (Å²) in [4.78, 5) is 18.4. The zero-order valence-electron chi connectivity index (χ0n) is 15.1. The normalized spacial score (nSPS) is 24.6. The van der Waals surface area contributed by atoms with Crippen LogP contribution in [0.3, 0.4) is 0 Å². The van der Waals surface area contributed by atoms with Gasteiger partial charge in [0.15, 0.2) is 5.96 Å². The number of piperidine rings is 1. The molecule has 2 fully saturated rings. The Morgan fingerprint density at radius 2 is 2.25 bits per heavy atom. The molecule has 132 valence electrons. The van der Waals surface area contributed by atoms with E-state index in [1.165, 1.54) is 11.3 Å². The van der Waals surface area contributed by atoms with E-state index in [0.717, 1.165) is 50.7 Å². The summed E-state index contributed by atoms with van der Waals surface area (Å²) < 4.78 is 1.92. The Morgan fingerprint density at radius 3 is 2.83 bits per heavy atom. The van der Waals surface area contributed by atoms with Crippen molar-refractivity contribution in [3.05, 3.63) is 17.0 Å². The lowest BCUT2D eigenvalue weighted by molar-refractivity contribution is -0.119. The Morgan fingerprint density at radius 1 is 1.46 bits per heavy atom. The first-order valence-electron chi connectivity index (χ1n) is 8.65. The van der Waals surface area contributed by atoms with E-state index in [1.54, 1.807) is 0 Å². The van der Waals surface area contributed by atoms with Crippen LogP contribution in [0, 0.1) is 19.3 Å². The van der Waals surface area contributed by atoms with Crippen LogP contribution in [0.25, 0.3) is 0 Å². The molecule has 0 aromatic carbocycles. The molecule has 2 N–H and O–H groups in total. The van der Waals surface area contributed by atoms with Crippen molar-refractivity contribution >= 4 is 11.9 Å². The van der Waals surface area contributed by atoms with Gasteiger partial charge in [-0.3, -0.25) is 14.5 Å². The third-order valence-electron chi connectivity index (χ3n) is 5.45. The summed E-state index contributed by atoms with van der Waals surface area (Å²) in [5.41, 5.74) is 3.53. The maximum atomic E-state index is 11.7. The van der Waals surface area contributed by atoms with Crippen LogP contribution in [-0.4, -0.2) is 53.2 Å². The minimum absolute atomic E-state index is 0.0765. The van der Waals surface area contributed by atoms with Crippen LogP contribution in [0.1, 0.15) is 36.2 Å². The lowest BCUT2D eigenvalue weighted by Gasteiger charge is -2.40. The number of likely N-dealkylation sites (tertiary alicyclic amines) is 1. The van der Waals surface area contributed by atoms with E-state index in [4.69, 9.17) is 0 Å². The molecule has 0 aliphatic carbocycles. The van der Waals surface area contributed by atoms with Crippen molar-refractivity contribution in [3.8, 4) is 0 Å². The third kappa shape index (κ3) is 3.12. The molecule has 2 saturated heterocycles. The van der Waals surface area contributed by atoms with Crippen LogP contribution >= 0.6 is 0 Å². The van der Waals surface area contributed by atoms with Crippen LogP contribution in [-0.2, 0) is 18.4 Å². The van der Waals surface area contributed by atoms with Crippen molar-refractivity contribution < 1.29 is 4.79 Å². The zero-order valence-corrected chi connectivity index (χ0v) is 15.1. The van der Waals surface area contributed by atoms with Gasteiger partial charge in [-0.05, 0) is 26.7 Å². The summed E-state index contributed by atoms with van der Waals surface area (Å²) in [6.45, 7) is 7.51. The Bertz CT molecular complexity index is 664. The molecule has 3 heterocycles. The number of amides is 1. The molecule has 0 bridgehead atoms. The predicted molar refractivity (Wildman–Crippen MR) is 93.7 cm³/mol. The minimum Gasteiger partial charge on any atom is -0.355 e. The molecule has 1 aromatic rings. The molecule has 1 amide bonds. The highest BCUT2D eigenvalue weighted by Gasteiger charge is 2.42. The smallest absolute Gasteiger partial charge is 0.220 e. The first-order chi connectivity index (χ1) is 11.4. The zero-order chi connectivity index (χ0) is 17.3. The molecule has 24 heavy (non-hydrogen) atoms. The fourth-order valence-corrected chi connectivity index (χ4v) is 4.00. The molecule has 1 spiro atoms. The lowest BCUT2D eigenvalue weighted by Crippen LogP contribution is -2.51. The summed E-state index contributed by atoms with van der Waals surface area (Å²) in [6.07, 6.45) is 2.85. The number of nitrogens with one attached hydrogen (secondary N) is 2. The quantitative estimate of drug-likeness (QED) is 0.618. The van der Waals surface area contributed by atoms with Crippen molar-refractivity contribution in [1.29, 1.82) is 0 Å². The number of nitrogens with zero attached hydrogens (tertiary/aromatic N) is 4. The summed E-state index contributed by atoms with van der Waals surface area (Å²) in [5, 5.41) is 11.0. The summed E-state index contributed by atoms with van der Waals surface area (Å²) in [5.74, 6) is 1.09. The van der Waals surface area contributed by atoms with Crippen LogP contribution in [0.4, 0.5) is 0 Å². The summed E-state index contributed by atoms with van der Waals surface area (Å²) in [7, 11) is 3.80. The average molecular weight is 332 g/mol. The van der Waals surface area contributed by atoms with Crippen LogP contribution < -0.4 is 10.6 Å². The fraction of sp³-hybridized carbons (Fsp3) is 0.706. The molecule has 1 atom stereocenters. The number of hydrogen-bond donors (Lipinski definition) is 2. The van der Waals surface area contributed by atoms with Gasteiger partial charge in [0.05, 0.1) is 5.69 Å². The largest absolute Gasteiger partial charge is 0.355 e. The maximum absolute atomic E-state index is 11.7. The molecule has 3 rings (SSSR count). The highest BCUT2D eigenvalue weighted by Crippen LogP contribution is 2.36. The number of carbonyl (C=O) groups excluding carboxylic acids is 1. The SMILES string of the molecule is CN=C(NCc1c(C)nn(C)c1C)N1CCCC2(CNC(=O)C2)C1. The van der Waals surface area contributed by atoms with E-state index < -0.39 is 0 Å². The van der Waals surface area contributed by atoms with Crippen molar-refractivity contribution in [2.45, 2.75) is 39.7 Å². The van der Waals surface area contributed by atoms with Gasteiger partial charge in [-0.1, -0.05) is 0 Å². The highest BCUT2D eigenvalue weighted by molar-refractivity contribution is 5.81. The number of rotatable bonds is 2. The Kier molecular flexibility index (Phi) is 4.51. The van der Waals surface area contributed by atoms with Gasteiger partial charge in [-0.25, -0.2) is 0 Å². The predicted octanol–water partition coefficient (Wildman–Crippen LogP) is 0.714. The number of aryl methyl sites for hydroxylation is 2. The molecule has 0 saturated carbocycles. The first kappa shape index (κ1) is 16.8. The second-order valence-electron chi connectivity index (χ2n) is 7.15. The van der Waals surface area contributed by atoms with E-state index in [-0.39, 0.29) is 11.3 Å². The lowest BCUT2D eigenvalue weighted by atomic mass is 9.79. The molecular weight excluding hydrogens is 304 g/mol. The molecule has 2 aliphatic rings. The third-order valence-corrected chi connectivity index (χ3v) is 5.45. The fourth-order valence-electron chi connectivity index (χ4n) is 4.00. The molecular formula is C17H28N6O. The number of carbonyl (C=O) groups is 1. The van der Waals surface area contributed by atoms with Gasteiger partial charge in [-0.15, -0.1) is 0 Å². The van der Waals surface area contributed by atoms with E-state index in [0.29, 0.717) is 6.42 Å². The van der Waals surface area contributed by atoms with Crippen molar-refractivity contribution in [3.63, 3.8) is 0 Å². The Hall–Kier alpha value is -2.05. The standard InChI is InChI=1S/C17H28N6O/c1-12-14(13(2)22(4)21-12)9-19-16(18-3)23-7-5-6-17(11-23)8-15(24)20-10-17/h5-11H2,1-4H3,(H,18,19)(H,20,24). The van der Waals surface area contributed by atoms with Gasteiger partial charge < -0.3 is 15.5 Å². The van der Waals surface area contributed by atoms with Gasteiger partial charge >= 0.3 is 0 Å². The second-order valence-corrected chi connectivity index (χ2v) is 7.15. The van der Waals surface area contributed by atoms with Gasteiger partial charge in [-0.2, -0.15) is 5.10 Å². The van der Waals surface area contributed by atoms with Crippen molar-refractivity contribution in [1.82, 2.24) is 25.3 Å². The number of hydrogen-bond acceptors (Lipinski definition) is 3. The average Bonchev–Trinajstić information content (AvgIpc) is 3.01. The molecule has 7 heteroatoms. The Labute approximate surface area is 143 Å². The highest BCUT2D eigenvalue weighted by atomic mass is 16.1. The maximum Gasteiger partial charge on any atom is 0.220 e. The molecule has 0 radical (unpaired) electrons. The molecule has 2 aliphatic heterocycles. The van der Waals surface area contributed by atoms with E-state index in [1.807, 2.05) is 25.7 Å². The van der Waals surface area contributed by atoms with Gasteiger partial charge in [0.1, 0.15) is 0 Å². The van der Waals surface area contributed by atoms with E-state index in [9.17, 15) is 4.79 Å². The van der Waals surface area contributed by atoms with Gasteiger partial charge in [0.2, 0.25) is 5.91 Å². The van der Waals surface area contributed by atoms with E-state index in [2.05, 4.69) is 32.5 Å². The second kappa shape index (κ2) is 6.45. The van der Waals surface area contributed by atoms with Crippen molar-refractivity contribution in [2.24, 2.45) is 17.5 Å². The molecule has 7 nitrogen and oxygen atoms in total. The molecule has 1 unspecified atom stereocenters. The Balaban J connectivity index is 1.67.